The van der Waals surface area contributed by atoms with Crippen molar-refractivity contribution in [1.29, 1.82) is 0 Å². The first-order chi connectivity index (χ1) is 14.9. The highest BCUT2D eigenvalue weighted by Crippen LogP contribution is 2.77. The van der Waals surface area contributed by atoms with Gasteiger partial charge in [-0.05, 0) is 127 Å². The molecule has 0 aromatic heterocycles. The summed E-state index contributed by atoms with van der Waals surface area (Å²) < 4.78 is 0. The molecular weight excluding hydrogens is 388 g/mol. The zero-order chi connectivity index (χ0) is 23.2. The predicted octanol–water partition coefficient (Wildman–Crippen LogP) is 8.70. The van der Waals surface area contributed by atoms with Crippen LogP contribution in [0.3, 0.4) is 0 Å². The SMILES string of the molecule is CC(CC=O)[C@H]1CC[C@]2(C)CC[C@]3(C)C(CCC4[C@@]5(C)CCCC(C)(C)C5CC[C@]43C)C12. The summed E-state index contributed by atoms with van der Waals surface area (Å²) in [6, 6.07) is 0. The second kappa shape index (κ2) is 7.34. The molecule has 0 spiro atoms. The molecule has 182 valence electrons. The van der Waals surface area contributed by atoms with Gasteiger partial charge in [-0.3, -0.25) is 0 Å². The predicted molar refractivity (Wildman–Crippen MR) is 134 cm³/mol. The summed E-state index contributed by atoms with van der Waals surface area (Å²) in [4.78, 5) is 11.4. The molecule has 0 radical (unpaired) electrons. The van der Waals surface area contributed by atoms with Gasteiger partial charge < -0.3 is 4.79 Å². The minimum absolute atomic E-state index is 0.485. The first-order valence-corrected chi connectivity index (χ1v) is 14.4. The van der Waals surface area contributed by atoms with Crippen LogP contribution in [0.5, 0.6) is 0 Å². The minimum Gasteiger partial charge on any atom is -0.303 e. The molecule has 5 rings (SSSR count). The second-order valence-corrected chi connectivity index (χ2v) is 15.3. The van der Waals surface area contributed by atoms with Crippen LogP contribution < -0.4 is 0 Å². The van der Waals surface area contributed by atoms with Gasteiger partial charge in [0.2, 0.25) is 0 Å². The van der Waals surface area contributed by atoms with E-state index >= 15 is 0 Å². The van der Waals surface area contributed by atoms with Crippen LogP contribution in [0.2, 0.25) is 0 Å². The molecule has 1 heteroatoms. The Morgan fingerprint density at radius 1 is 0.781 bits per heavy atom. The summed E-state index contributed by atoms with van der Waals surface area (Å²) in [5, 5.41) is 0. The van der Waals surface area contributed by atoms with Crippen molar-refractivity contribution in [1.82, 2.24) is 0 Å². The molecule has 0 saturated heterocycles. The summed E-state index contributed by atoms with van der Waals surface area (Å²) in [5.41, 5.74) is 2.58. The van der Waals surface area contributed by atoms with Crippen molar-refractivity contribution < 1.29 is 4.79 Å². The van der Waals surface area contributed by atoms with Gasteiger partial charge in [0.15, 0.2) is 0 Å². The maximum Gasteiger partial charge on any atom is 0.120 e. The highest BCUT2D eigenvalue weighted by Gasteiger charge is 2.69. The van der Waals surface area contributed by atoms with Crippen LogP contribution in [-0.4, -0.2) is 6.29 Å². The largest absolute Gasteiger partial charge is 0.303 e. The molecule has 0 aromatic carbocycles. The summed E-state index contributed by atoms with van der Waals surface area (Å²) >= 11 is 0. The van der Waals surface area contributed by atoms with Gasteiger partial charge in [-0.2, -0.15) is 0 Å². The molecule has 5 saturated carbocycles. The van der Waals surface area contributed by atoms with Crippen LogP contribution in [0.1, 0.15) is 126 Å². The lowest BCUT2D eigenvalue weighted by atomic mass is 9.32. The summed E-state index contributed by atoms with van der Waals surface area (Å²) in [7, 11) is 0. The van der Waals surface area contributed by atoms with E-state index in [1.54, 1.807) is 0 Å². The van der Waals surface area contributed by atoms with Crippen LogP contribution in [0.4, 0.5) is 0 Å². The van der Waals surface area contributed by atoms with Gasteiger partial charge in [-0.15, -0.1) is 0 Å². The number of carbonyl (C=O) groups excluding carboxylic acids is 1. The Hall–Kier alpha value is -0.330. The van der Waals surface area contributed by atoms with E-state index in [9.17, 15) is 4.79 Å². The molecule has 0 aliphatic heterocycles. The van der Waals surface area contributed by atoms with Crippen molar-refractivity contribution >= 4 is 6.29 Å². The van der Waals surface area contributed by atoms with E-state index in [0.717, 1.165) is 36.0 Å². The fourth-order valence-electron chi connectivity index (χ4n) is 12.1. The molecule has 0 aromatic rings. The Labute approximate surface area is 199 Å². The summed E-state index contributed by atoms with van der Waals surface area (Å²) in [6.45, 7) is 18.5. The van der Waals surface area contributed by atoms with E-state index in [1.165, 1.54) is 76.9 Å². The molecule has 5 aliphatic rings. The van der Waals surface area contributed by atoms with Gasteiger partial charge in [-0.25, -0.2) is 0 Å². The van der Waals surface area contributed by atoms with Gasteiger partial charge in [0.05, 0.1) is 0 Å². The molecule has 0 heterocycles. The first-order valence-electron chi connectivity index (χ1n) is 14.4. The minimum atomic E-state index is 0.485. The fourth-order valence-corrected chi connectivity index (χ4v) is 12.1. The van der Waals surface area contributed by atoms with Crippen molar-refractivity contribution in [2.45, 2.75) is 126 Å². The Kier molecular flexibility index (Phi) is 5.37. The fraction of sp³-hybridized carbons (Fsp3) is 0.968. The monoisotopic (exact) mass is 440 g/mol. The quantitative estimate of drug-likeness (QED) is 0.401. The van der Waals surface area contributed by atoms with Gasteiger partial charge >= 0.3 is 0 Å². The van der Waals surface area contributed by atoms with Gasteiger partial charge in [-0.1, -0.05) is 54.9 Å². The Bertz CT molecular complexity index is 754. The van der Waals surface area contributed by atoms with Crippen molar-refractivity contribution in [2.24, 2.45) is 62.6 Å². The lowest BCUT2D eigenvalue weighted by Gasteiger charge is -2.72. The van der Waals surface area contributed by atoms with Crippen molar-refractivity contribution in [2.75, 3.05) is 0 Å². The Morgan fingerprint density at radius 3 is 2.25 bits per heavy atom. The number of rotatable bonds is 3. The molecule has 32 heavy (non-hydrogen) atoms. The Balaban J connectivity index is 1.52. The average molecular weight is 441 g/mol. The highest BCUT2D eigenvalue weighted by atomic mass is 16.1. The smallest absolute Gasteiger partial charge is 0.120 e. The number of hydrogen-bond donors (Lipinski definition) is 0. The number of hydrogen-bond acceptors (Lipinski definition) is 1. The van der Waals surface area contributed by atoms with E-state index in [1.807, 2.05) is 0 Å². The van der Waals surface area contributed by atoms with E-state index in [4.69, 9.17) is 0 Å². The van der Waals surface area contributed by atoms with Gasteiger partial charge in [0, 0.05) is 6.42 Å². The number of carbonyl (C=O) groups is 1. The highest BCUT2D eigenvalue weighted by molar-refractivity contribution is 5.49. The van der Waals surface area contributed by atoms with Crippen molar-refractivity contribution in [3.05, 3.63) is 0 Å². The molecule has 0 bridgehead atoms. The molecule has 10 atom stereocenters. The van der Waals surface area contributed by atoms with Crippen LogP contribution >= 0.6 is 0 Å². The van der Waals surface area contributed by atoms with E-state index in [-0.39, 0.29) is 0 Å². The van der Waals surface area contributed by atoms with Crippen molar-refractivity contribution in [3.63, 3.8) is 0 Å². The van der Waals surface area contributed by atoms with Crippen LogP contribution in [0, 0.1) is 62.6 Å². The maximum atomic E-state index is 11.4. The van der Waals surface area contributed by atoms with Crippen LogP contribution in [-0.2, 0) is 4.79 Å². The zero-order valence-electron chi connectivity index (χ0n) is 22.4. The summed E-state index contributed by atoms with van der Waals surface area (Å²) in [6.07, 6.45) is 17.9. The average Bonchev–Trinajstić information content (AvgIpc) is 3.06. The first kappa shape index (κ1) is 23.4. The molecule has 5 fully saturated rings. The molecule has 5 aliphatic carbocycles. The van der Waals surface area contributed by atoms with Crippen LogP contribution in [0.15, 0.2) is 0 Å². The van der Waals surface area contributed by atoms with E-state index < -0.39 is 0 Å². The summed E-state index contributed by atoms with van der Waals surface area (Å²) in [5.74, 6) is 4.90. The molecule has 5 unspecified atom stereocenters. The third-order valence-corrected chi connectivity index (χ3v) is 13.8. The normalized spacial score (nSPS) is 55.2. The van der Waals surface area contributed by atoms with E-state index in [0.29, 0.717) is 33.0 Å². The number of fused-ring (bicyclic) bond motifs is 7. The van der Waals surface area contributed by atoms with Gasteiger partial charge in [0.25, 0.3) is 0 Å². The zero-order valence-corrected chi connectivity index (χ0v) is 22.4. The lowest BCUT2D eigenvalue weighted by Crippen LogP contribution is -2.65. The number of aldehydes is 1. The molecular formula is C31H52O. The molecule has 0 amide bonds. The van der Waals surface area contributed by atoms with E-state index in [2.05, 4.69) is 48.5 Å². The third-order valence-electron chi connectivity index (χ3n) is 13.8. The van der Waals surface area contributed by atoms with Crippen LogP contribution in [0.25, 0.3) is 0 Å². The lowest BCUT2D eigenvalue weighted by molar-refractivity contribution is -0.237. The topological polar surface area (TPSA) is 17.1 Å². The second-order valence-electron chi connectivity index (χ2n) is 15.3. The van der Waals surface area contributed by atoms with Crippen molar-refractivity contribution in [3.8, 4) is 0 Å². The van der Waals surface area contributed by atoms with Gasteiger partial charge in [0.1, 0.15) is 6.29 Å². The molecule has 1 nitrogen and oxygen atoms in total. The standard InChI is InChI=1S/C31H52O/c1-21(13-20-32)22-11-16-28(4)18-19-30(6)23(26(22)28)9-10-25-29(5)15-8-14-27(2,3)24(29)12-17-31(25,30)7/h20-26H,8-19H2,1-7H3/t21?,22-,23?,24?,25?,26?,28-,29+,30-,31-/m1/s1. The molecule has 0 N–H and O–H groups in total. The maximum absolute atomic E-state index is 11.4. The third kappa shape index (κ3) is 2.90. The Morgan fingerprint density at radius 2 is 1.53 bits per heavy atom.